The Balaban J connectivity index is 1.67. The molecule has 0 amide bonds. The lowest BCUT2D eigenvalue weighted by Crippen LogP contribution is -2.34. The average Bonchev–Trinajstić information content (AvgIpc) is 3.12. The van der Waals surface area contributed by atoms with Crippen molar-refractivity contribution in [1.29, 1.82) is 0 Å². The van der Waals surface area contributed by atoms with Crippen molar-refractivity contribution in [1.82, 2.24) is 0 Å². The highest BCUT2D eigenvalue weighted by atomic mass is 14.7. The van der Waals surface area contributed by atoms with Gasteiger partial charge in [0.15, 0.2) is 0 Å². The van der Waals surface area contributed by atoms with E-state index < -0.39 is 0 Å². The van der Waals surface area contributed by atoms with Crippen LogP contribution in [0.5, 0.6) is 0 Å². The van der Waals surface area contributed by atoms with Gasteiger partial charge in [-0.1, -0.05) is 37.1 Å². The van der Waals surface area contributed by atoms with Gasteiger partial charge in [0.1, 0.15) is 0 Å². The summed E-state index contributed by atoms with van der Waals surface area (Å²) < 4.78 is 0. The molecule has 2 atom stereocenters. The predicted molar refractivity (Wildman–Crippen MR) is 67.3 cm³/mol. The normalized spacial score (nSPS) is 26.2. The summed E-state index contributed by atoms with van der Waals surface area (Å²) in [7, 11) is 0. The van der Waals surface area contributed by atoms with E-state index in [-0.39, 0.29) is 0 Å². The Hall–Kier alpha value is -0.820. The fourth-order valence-electron chi connectivity index (χ4n) is 3.02. The molecule has 2 unspecified atom stereocenters. The third-order valence-electron chi connectivity index (χ3n) is 4.29. The standard InChI is InChI=1S/C15H21N/c16-15(9-11-5-6-11)14-8-7-12-3-1-2-4-13(12)10-14/h1-4,11,14-15H,5-10,16H2. The summed E-state index contributed by atoms with van der Waals surface area (Å²) in [4.78, 5) is 0. The minimum atomic E-state index is 0.445. The molecule has 0 bridgehead atoms. The number of nitrogens with two attached hydrogens (primary N) is 1. The number of rotatable bonds is 3. The van der Waals surface area contributed by atoms with Crippen LogP contribution in [0.3, 0.4) is 0 Å². The predicted octanol–water partition coefficient (Wildman–Crippen LogP) is 2.92. The zero-order valence-electron chi connectivity index (χ0n) is 9.86. The highest BCUT2D eigenvalue weighted by molar-refractivity contribution is 5.29. The molecule has 16 heavy (non-hydrogen) atoms. The Labute approximate surface area is 98.0 Å². The van der Waals surface area contributed by atoms with Gasteiger partial charge in [-0.05, 0) is 48.6 Å². The zero-order valence-corrected chi connectivity index (χ0v) is 9.86. The van der Waals surface area contributed by atoms with Crippen molar-refractivity contribution in [2.24, 2.45) is 17.6 Å². The van der Waals surface area contributed by atoms with Crippen LogP contribution >= 0.6 is 0 Å². The van der Waals surface area contributed by atoms with Crippen LogP contribution in [0.25, 0.3) is 0 Å². The van der Waals surface area contributed by atoms with Crippen LogP contribution in [0.4, 0.5) is 0 Å². The van der Waals surface area contributed by atoms with Gasteiger partial charge >= 0.3 is 0 Å². The Morgan fingerprint density at radius 2 is 1.88 bits per heavy atom. The van der Waals surface area contributed by atoms with Crippen molar-refractivity contribution in [2.75, 3.05) is 0 Å². The number of hydrogen-bond donors (Lipinski definition) is 1. The molecule has 1 nitrogen and oxygen atoms in total. The van der Waals surface area contributed by atoms with E-state index in [4.69, 9.17) is 5.73 Å². The Kier molecular flexibility index (Phi) is 2.72. The first kappa shape index (κ1) is 10.3. The maximum atomic E-state index is 6.35. The molecule has 1 aromatic rings. The second-order valence-corrected chi connectivity index (χ2v) is 5.61. The smallest absolute Gasteiger partial charge is 0.00730 e. The number of hydrogen-bond acceptors (Lipinski definition) is 1. The van der Waals surface area contributed by atoms with E-state index in [1.807, 2.05) is 0 Å². The van der Waals surface area contributed by atoms with E-state index in [1.54, 1.807) is 11.1 Å². The molecule has 0 aromatic heterocycles. The van der Waals surface area contributed by atoms with Crippen molar-refractivity contribution >= 4 is 0 Å². The maximum Gasteiger partial charge on any atom is 0.00730 e. The molecule has 0 radical (unpaired) electrons. The van der Waals surface area contributed by atoms with Crippen molar-refractivity contribution in [3.05, 3.63) is 35.4 Å². The lowest BCUT2D eigenvalue weighted by molar-refractivity contribution is 0.348. The molecule has 2 N–H and O–H groups in total. The number of fused-ring (bicyclic) bond motifs is 1. The maximum absolute atomic E-state index is 6.35. The van der Waals surface area contributed by atoms with Gasteiger partial charge in [0.2, 0.25) is 0 Å². The van der Waals surface area contributed by atoms with Gasteiger partial charge in [-0.3, -0.25) is 0 Å². The monoisotopic (exact) mass is 215 g/mol. The zero-order chi connectivity index (χ0) is 11.0. The van der Waals surface area contributed by atoms with Crippen LogP contribution in [0.1, 0.15) is 36.8 Å². The molecule has 86 valence electrons. The third kappa shape index (κ3) is 2.15. The van der Waals surface area contributed by atoms with Crippen molar-refractivity contribution in [3.8, 4) is 0 Å². The van der Waals surface area contributed by atoms with Crippen molar-refractivity contribution in [2.45, 2.75) is 44.6 Å². The minimum Gasteiger partial charge on any atom is -0.327 e. The van der Waals surface area contributed by atoms with Crippen LogP contribution in [0, 0.1) is 11.8 Å². The van der Waals surface area contributed by atoms with Crippen LogP contribution in [0.15, 0.2) is 24.3 Å². The third-order valence-corrected chi connectivity index (χ3v) is 4.29. The largest absolute Gasteiger partial charge is 0.327 e. The topological polar surface area (TPSA) is 26.0 Å². The van der Waals surface area contributed by atoms with Gasteiger partial charge in [-0.15, -0.1) is 0 Å². The quantitative estimate of drug-likeness (QED) is 0.824. The van der Waals surface area contributed by atoms with Gasteiger partial charge in [-0.25, -0.2) is 0 Å². The summed E-state index contributed by atoms with van der Waals surface area (Å²) in [5.74, 6) is 1.70. The van der Waals surface area contributed by atoms with Gasteiger partial charge in [0.05, 0.1) is 0 Å². The summed E-state index contributed by atoms with van der Waals surface area (Å²) in [5.41, 5.74) is 9.45. The molecule has 2 aliphatic rings. The molecular weight excluding hydrogens is 194 g/mol. The first-order valence-electron chi connectivity index (χ1n) is 6.65. The van der Waals surface area contributed by atoms with Gasteiger partial charge < -0.3 is 5.73 Å². The molecule has 3 rings (SSSR count). The van der Waals surface area contributed by atoms with Crippen LogP contribution < -0.4 is 5.73 Å². The first-order valence-corrected chi connectivity index (χ1v) is 6.65. The fraction of sp³-hybridized carbons (Fsp3) is 0.600. The molecule has 0 saturated heterocycles. The summed E-state index contributed by atoms with van der Waals surface area (Å²) in [6.07, 6.45) is 7.87. The fourth-order valence-corrected chi connectivity index (χ4v) is 3.02. The van der Waals surface area contributed by atoms with Crippen LogP contribution in [0.2, 0.25) is 0 Å². The van der Waals surface area contributed by atoms with Gasteiger partial charge in [0, 0.05) is 6.04 Å². The molecule has 0 aliphatic heterocycles. The van der Waals surface area contributed by atoms with E-state index in [9.17, 15) is 0 Å². The van der Waals surface area contributed by atoms with Gasteiger partial charge in [0.25, 0.3) is 0 Å². The second-order valence-electron chi connectivity index (χ2n) is 5.61. The van der Waals surface area contributed by atoms with Crippen LogP contribution in [-0.4, -0.2) is 6.04 Å². The molecule has 1 aromatic carbocycles. The average molecular weight is 215 g/mol. The Morgan fingerprint density at radius 1 is 1.12 bits per heavy atom. The molecule has 1 fully saturated rings. The molecule has 0 spiro atoms. The summed E-state index contributed by atoms with van der Waals surface area (Å²) in [6, 6.07) is 9.32. The summed E-state index contributed by atoms with van der Waals surface area (Å²) >= 11 is 0. The van der Waals surface area contributed by atoms with E-state index in [0.29, 0.717) is 6.04 Å². The van der Waals surface area contributed by atoms with Gasteiger partial charge in [-0.2, -0.15) is 0 Å². The lowest BCUT2D eigenvalue weighted by atomic mass is 9.79. The van der Waals surface area contributed by atoms with Crippen molar-refractivity contribution < 1.29 is 0 Å². The molecule has 1 saturated carbocycles. The first-order chi connectivity index (χ1) is 7.83. The Bertz CT molecular complexity index is 367. The van der Waals surface area contributed by atoms with Crippen molar-refractivity contribution in [3.63, 3.8) is 0 Å². The summed E-state index contributed by atoms with van der Waals surface area (Å²) in [6.45, 7) is 0. The molecule has 0 heterocycles. The second kappa shape index (κ2) is 4.21. The van der Waals surface area contributed by atoms with E-state index in [1.165, 1.54) is 38.5 Å². The molecular formula is C15H21N. The molecule has 1 heteroatoms. The lowest BCUT2D eigenvalue weighted by Gasteiger charge is -2.29. The SMILES string of the molecule is NC(CC1CC1)C1CCc2ccccc2C1. The highest BCUT2D eigenvalue weighted by Gasteiger charge is 2.29. The number of aryl methyl sites for hydroxylation is 1. The van der Waals surface area contributed by atoms with E-state index >= 15 is 0 Å². The minimum absolute atomic E-state index is 0.445. The molecule has 2 aliphatic carbocycles. The highest BCUT2D eigenvalue weighted by Crippen LogP contribution is 2.36. The van der Waals surface area contributed by atoms with E-state index in [0.717, 1.165) is 11.8 Å². The van der Waals surface area contributed by atoms with E-state index in [2.05, 4.69) is 24.3 Å². The van der Waals surface area contributed by atoms with Crippen LogP contribution in [-0.2, 0) is 12.8 Å². The Morgan fingerprint density at radius 3 is 2.62 bits per heavy atom. The summed E-state index contributed by atoms with van der Waals surface area (Å²) in [5, 5.41) is 0. The number of benzene rings is 1.